The lowest BCUT2D eigenvalue weighted by Gasteiger charge is -2.37. The van der Waals surface area contributed by atoms with Crippen molar-refractivity contribution in [3.63, 3.8) is 0 Å². The number of carboxylic acids is 3. The number of aliphatic carboxylic acids is 3. The summed E-state index contributed by atoms with van der Waals surface area (Å²) in [5.74, 6) is -3.37. The summed E-state index contributed by atoms with van der Waals surface area (Å²) in [4.78, 5) is 89.3. The van der Waals surface area contributed by atoms with E-state index in [2.05, 4.69) is 20.1 Å². The Morgan fingerprint density at radius 2 is 1.22 bits per heavy atom. The number of aldehydes is 1. The van der Waals surface area contributed by atoms with Gasteiger partial charge < -0.3 is 35.2 Å². The quantitative estimate of drug-likeness (QED) is 0.145. The molecule has 0 radical (unpaired) electrons. The Labute approximate surface area is 314 Å². The number of pyridine rings is 1. The van der Waals surface area contributed by atoms with Crippen LogP contribution in [0, 0.1) is 0 Å². The first kappa shape index (κ1) is 42.0. The Bertz CT molecular complexity index is 1570. The molecule has 0 aliphatic carbocycles. The number of aromatic nitrogens is 1. The van der Waals surface area contributed by atoms with E-state index in [0.717, 1.165) is 38.3 Å². The van der Waals surface area contributed by atoms with Gasteiger partial charge >= 0.3 is 17.9 Å². The molecule has 4 N–H and O–H groups in total. The van der Waals surface area contributed by atoms with Gasteiger partial charge in [-0.25, -0.2) is 0 Å². The van der Waals surface area contributed by atoms with Gasteiger partial charge in [0.2, 0.25) is 5.91 Å². The van der Waals surface area contributed by atoms with E-state index in [1.165, 1.54) is 0 Å². The smallest absolute Gasteiger partial charge is 0.317 e. The number of amides is 2. The SMILES string of the molecule is CN(CCCN1CCN(C(=O)CN2CCN(CC(=O)O)CCN(CC(=O)O)CCN(CC(=O)O)CC2)CC1)c1ccc2nccc(C(=O)NCC=O)c2c1. The van der Waals surface area contributed by atoms with Gasteiger partial charge in [0.25, 0.3) is 5.91 Å². The summed E-state index contributed by atoms with van der Waals surface area (Å²) in [5, 5.41) is 31.6. The first-order valence-corrected chi connectivity index (χ1v) is 18.3. The summed E-state index contributed by atoms with van der Waals surface area (Å²) in [7, 11) is 1.99. The van der Waals surface area contributed by atoms with E-state index < -0.39 is 17.9 Å². The van der Waals surface area contributed by atoms with Gasteiger partial charge in [0.15, 0.2) is 0 Å². The largest absolute Gasteiger partial charge is 0.480 e. The van der Waals surface area contributed by atoms with E-state index in [0.29, 0.717) is 88.2 Å². The maximum Gasteiger partial charge on any atom is 0.317 e. The number of carboxylic acid groups (broad SMARTS) is 3. The highest BCUT2D eigenvalue weighted by atomic mass is 16.4. The molecule has 1 aromatic carbocycles. The number of nitrogens with zero attached hydrogens (tertiary/aromatic N) is 8. The van der Waals surface area contributed by atoms with E-state index in [4.69, 9.17) is 0 Å². The molecule has 18 heteroatoms. The zero-order chi connectivity index (χ0) is 39.0. The van der Waals surface area contributed by atoms with E-state index in [1.54, 1.807) is 27.0 Å². The summed E-state index contributed by atoms with van der Waals surface area (Å²) in [6.07, 6.45) is 3.09. The van der Waals surface area contributed by atoms with Crippen LogP contribution in [0.1, 0.15) is 16.8 Å². The molecule has 2 saturated heterocycles. The maximum absolute atomic E-state index is 13.5. The zero-order valence-corrected chi connectivity index (χ0v) is 31.0. The molecule has 0 unspecified atom stereocenters. The van der Waals surface area contributed by atoms with Crippen LogP contribution in [-0.2, 0) is 24.0 Å². The molecule has 296 valence electrons. The van der Waals surface area contributed by atoms with Crippen molar-refractivity contribution in [1.29, 1.82) is 0 Å². The topological polar surface area (TPSA) is 211 Å². The van der Waals surface area contributed by atoms with Crippen LogP contribution >= 0.6 is 0 Å². The number of carbonyl (C=O) groups is 6. The summed E-state index contributed by atoms with van der Waals surface area (Å²) in [6, 6.07) is 7.42. The molecular formula is C36H53N9O9. The summed E-state index contributed by atoms with van der Waals surface area (Å²) < 4.78 is 0. The van der Waals surface area contributed by atoms with Gasteiger partial charge in [-0.05, 0) is 37.2 Å². The number of nitrogens with one attached hydrogen (secondary N) is 1. The normalized spacial score (nSPS) is 17.7. The van der Waals surface area contributed by atoms with Crippen LogP contribution in [0.15, 0.2) is 30.5 Å². The molecule has 2 aliphatic rings. The lowest BCUT2D eigenvalue weighted by atomic mass is 10.1. The van der Waals surface area contributed by atoms with Crippen molar-refractivity contribution < 1.29 is 44.1 Å². The lowest BCUT2D eigenvalue weighted by molar-refractivity contribution is -0.141. The van der Waals surface area contributed by atoms with Crippen LogP contribution in [0.5, 0.6) is 0 Å². The zero-order valence-electron chi connectivity index (χ0n) is 31.0. The molecule has 3 heterocycles. The monoisotopic (exact) mass is 755 g/mol. The summed E-state index contributed by atoms with van der Waals surface area (Å²) in [6.45, 7) is 6.38. The van der Waals surface area contributed by atoms with Gasteiger partial charge in [0.1, 0.15) is 6.29 Å². The highest BCUT2D eigenvalue weighted by Crippen LogP contribution is 2.23. The highest BCUT2D eigenvalue weighted by Gasteiger charge is 2.25. The number of piperazine rings is 1. The first-order valence-electron chi connectivity index (χ1n) is 18.3. The Balaban J connectivity index is 1.28. The molecule has 0 spiro atoms. The van der Waals surface area contributed by atoms with Gasteiger partial charge in [0, 0.05) is 109 Å². The first-order chi connectivity index (χ1) is 25.9. The third kappa shape index (κ3) is 13.6. The van der Waals surface area contributed by atoms with E-state index in [9.17, 15) is 44.1 Å². The Kier molecular flexibility index (Phi) is 16.5. The molecule has 2 aromatic rings. The molecule has 1 aromatic heterocycles. The van der Waals surface area contributed by atoms with Crippen molar-refractivity contribution in [2.45, 2.75) is 6.42 Å². The Morgan fingerprint density at radius 1 is 0.722 bits per heavy atom. The second-order valence-electron chi connectivity index (χ2n) is 13.7. The number of carbonyl (C=O) groups excluding carboxylic acids is 3. The van der Waals surface area contributed by atoms with Gasteiger partial charge in [-0.3, -0.25) is 53.5 Å². The molecular weight excluding hydrogens is 702 g/mol. The number of hydrogen-bond acceptors (Lipinski definition) is 13. The molecule has 4 rings (SSSR count). The number of hydrogen-bond donors (Lipinski definition) is 4. The number of rotatable bonds is 16. The molecule has 2 amide bonds. The van der Waals surface area contributed by atoms with Gasteiger partial charge in [-0.15, -0.1) is 0 Å². The molecule has 0 atom stereocenters. The predicted octanol–water partition coefficient (Wildman–Crippen LogP) is -1.39. The van der Waals surface area contributed by atoms with Crippen molar-refractivity contribution in [2.75, 3.05) is 136 Å². The minimum absolute atomic E-state index is 0.0336. The Hall–Kier alpha value is -4.75. The molecule has 18 nitrogen and oxygen atoms in total. The predicted molar refractivity (Wildman–Crippen MR) is 200 cm³/mol. The minimum Gasteiger partial charge on any atom is -0.480 e. The number of fused-ring (bicyclic) bond motifs is 1. The second-order valence-corrected chi connectivity index (χ2v) is 13.7. The van der Waals surface area contributed by atoms with Crippen LogP contribution in [0.25, 0.3) is 10.9 Å². The van der Waals surface area contributed by atoms with Crippen molar-refractivity contribution >= 4 is 52.6 Å². The fourth-order valence-corrected chi connectivity index (χ4v) is 6.76. The third-order valence-electron chi connectivity index (χ3n) is 9.81. The fourth-order valence-electron chi connectivity index (χ4n) is 6.76. The van der Waals surface area contributed by atoms with Crippen LogP contribution < -0.4 is 10.2 Å². The molecule has 2 aliphatic heterocycles. The molecule has 0 saturated carbocycles. The van der Waals surface area contributed by atoms with Gasteiger partial charge in [0.05, 0.1) is 43.8 Å². The van der Waals surface area contributed by atoms with Crippen molar-refractivity contribution in [3.05, 3.63) is 36.0 Å². The number of anilines is 1. The Morgan fingerprint density at radius 3 is 1.72 bits per heavy atom. The van der Waals surface area contributed by atoms with Gasteiger partial charge in [-0.2, -0.15) is 0 Å². The lowest BCUT2D eigenvalue weighted by Crippen LogP contribution is -2.53. The van der Waals surface area contributed by atoms with E-state index in [-0.39, 0.29) is 44.5 Å². The van der Waals surface area contributed by atoms with E-state index >= 15 is 0 Å². The van der Waals surface area contributed by atoms with Crippen molar-refractivity contribution in [2.24, 2.45) is 0 Å². The van der Waals surface area contributed by atoms with Crippen molar-refractivity contribution in [1.82, 2.24) is 39.7 Å². The molecule has 0 bridgehead atoms. The van der Waals surface area contributed by atoms with Crippen LogP contribution in [0.3, 0.4) is 0 Å². The standard InChI is InChI=1S/C36H53N9O9/c1-39(28-3-4-31-30(23-28)29(5-6-37-31)36(54)38-7-22-46)8-2-9-40-18-20-45(21-19-40)32(47)24-41-10-12-42(25-33(48)49)14-16-44(27-35(52)53)17-15-43(13-11-41)26-34(50)51/h3-6,22-23H,2,7-21,24-27H2,1H3,(H,38,54)(H,48,49)(H,50,51)(H,52,53). The fraction of sp³-hybridized carbons (Fsp3) is 0.583. The third-order valence-corrected chi connectivity index (χ3v) is 9.81. The van der Waals surface area contributed by atoms with Gasteiger partial charge in [-0.1, -0.05) is 0 Å². The summed E-state index contributed by atoms with van der Waals surface area (Å²) >= 11 is 0. The number of benzene rings is 1. The van der Waals surface area contributed by atoms with Crippen LogP contribution in [0.2, 0.25) is 0 Å². The van der Waals surface area contributed by atoms with Crippen molar-refractivity contribution in [3.8, 4) is 0 Å². The minimum atomic E-state index is -1.01. The maximum atomic E-state index is 13.5. The second kappa shape index (κ2) is 21.2. The van der Waals surface area contributed by atoms with Crippen LogP contribution in [-0.4, -0.2) is 217 Å². The average molecular weight is 756 g/mol. The van der Waals surface area contributed by atoms with E-state index in [1.807, 2.05) is 35.0 Å². The molecule has 2 fully saturated rings. The highest BCUT2D eigenvalue weighted by molar-refractivity contribution is 6.07. The molecule has 54 heavy (non-hydrogen) atoms. The van der Waals surface area contributed by atoms with Crippen LogP contribution in [0.4, 0.5) is 5.69 Å². The average Bonchev–Trinajstić information content (AvgIpc) is 3.13. The summed E-state index contributed by atoms with van der Waals surface area (Å²) in [5.41, 5.74) is 2.08.